The monoisotopic (exact) mass is 267 g/mol. The van der Waals surface area contributed by atoms with Gasteiger partial charge in [0.25, 0.3) is 0 Å². The number of ether oxygens (including phenoxy) is 2. The fourth-order valence-electron chi connectivity index (χ4n) is 1.58. The average Bonchev–Trinajstić information content (AvgIpc) is 2.37. The summed E-state index contributed by atoms with van der Waals surface area (Å²) in [5.41, 5.74) is 0.842. The second-order valence-corrected chi connectivity index (χ2v) is 4.00. The van der Waals surface area contributed by atoms with Crippen molar-refractivity contribution in [1.29, 1.82) is 0 Å². The number of hydrogen-bond acceptors (Lipinski definition) is 5. The number of nitrogens with one attached hydrogen (secondary N) is 1. The third kappa shape index (κ3) is 6.10. The van der Waals surface area contributed by atoms with Gasteiger partial charge in [0, 0.05) is 18.3 Å². The minimum Gasteiger partial charge on any atom is -0.494 e. The molecule has 0 saturated heterocycles. The summed E-state index contributed by atoms with van der Waals surface area (Å²) >= 11 is 0. The quantitative estimate of drug-likeness (QED) is 0.703. The van der Waals surface area contributed by atoms with Crippen molar-refractivity contribution in [2.45, 2.75) is 26.4 Å². The molecule has 0 radical (unpaired) electrons. The number of aliphatic hydroxyl groups is 1. The second-order valence-electron chi connectivity index (χ2n) is 4.00. The first-order valence-corrected chi connectivity index (χ1v) is 6.46. The van der Waals surface area contributed by atoms with Crippen LogP contribution in [-0.4, -0.2) is 36.9 Å². The maximum atomic E-state index is 11.2. The summed E-state index contributed by atoms with van der Waals surface area (Å²) in [7, 11) is 0. The molecule has 1 atom stereocenters. The molecule has 0 amide bonds. The van der Waals surface area contributed by atoms with Crippen molar-refractivity contribution in [2.75, 3.05) is 25.1 Å². The molecule has 0 fully saturated rings. The van der Waals surface area contributed by atoms with Crippen molar-refractivity contribution in [3.05, 3.63) is 24.3 Å². The second kappa shape index (κ2) is 8.37. The van der Waals surface area contributed by atoms with Crippen LogP contribution < -0.4 is 10.1 Å². The zero-order chi connectivity index (χ0) is 14.1. The number of benzene rings is 1. The lowest BCUT2D eigenvalue weighted by Crippen LogP contribution is -2.23. The van der Waals surface area contributed by atoms with Crippen LogP contribution in [0.4, 0.5) is 5.69 Å². The fourth-order valence-corrected chi connectivity index (χ4v) is 1.58. The highest BCUT2D eigenvalue weighted by molar-refractivity contribution is 5.70. The van der Waals surface area contributed by atoms with Gasteiger partial charge >= 0.3 is 5.97 Å². The van der Waals surface area contributed by atoms with Gasteiger partial charge in [-0.05, 0) is 26.0 Å². The largest absolute Gasteiger partial charge is 0.494 e. The van der Waals surface area contributed by atoms with Crippen molar-refractivity contribution >= 4 is 11.7 Å². The molecule has 106 valence electrons. The Morgan fingerprint density at radius 3 is 2.84 bits per heavy atom. The minimum atomic E-state index is -0.769. The van der Waals surface area contributed by atoms with Gasteiger partial charge < -0.3 is 19.9 Å². The number of hydrogen-bond donors (Lipinski definition) is 2. The van der Waals surface area contributed by atoms with E-state index < -0.39 is 6.10 Å². The first kappa shape index (κ1) is 15.3. The topological polar surface area (TPSA) is 67.8 Å². The van der Waals surface area contributed by atoms with Crippen LogP contribution in [0, 0.1) is 0 Å². The van der Waals surface area contributed by atoms with Crippen molar-refractivity contribution < 1.29 is 19.4 Å². The Kier molecular flexibility index (Phi) is 6.74. The van der Waals surface area contributed by atoms with Gasteiger partial charge in [-0.1, -0.05) is 6.07 Å². The Hall–Kier alpha value is -1.75. The van der Waals surface area contributed by atoms with E-state index in [9.17, 15) is 9.90 Å². The van der Waals surface area contributed by atoms with Crippen molar-refractivity contribution in [2.24, 2.45) is 0 Å². The Morgan fingerprint density at radius 1 is 1.37 bits per heavy atom. The lowest BCUT2D eigenvalue weighted by molar-refractivity contribution is -0.145. The molecular weight excluding hydrogens is 246 g/mol. The molecule has 0 spiro atoms. The van der Waals surface area contributed by atoms with Crippen LogP contribution in [0.1, 0.15) is 20.3 Å². The van der Waals surface area contributed by atoms with Crippen LogP contribution in [0.25, 0.3) is 0 Å². The standard InChI is InChI=1S/C14H21NO4/c1-3-18-13-7-5-6-11(8-13)15-10-12(16)9-14(17)19-4-2/h5-8,12,15-16H,3-4,9-10H2,1-2H3. The summed E-state index contributed by atoms with van der Waals surface area (Å²) in [6, 6.07) is 7.45. The summed E-state index contributed by atoms with van der Waals surface area (Å²) < 4.78 is 10.1. The van der Waals surface area contributed by atoms with E-state index in [1.54, 1.807) is 6.92 Å². The lowest BCUT2D eigenvalue weighted by Gasteiger charge is -2.13. The highest BCUT2D eigenvalue weighted by atomic mass is 16.5. The molecule has 0 heterocycles. The number of esters is 1. The van der Waals surface area contributed by atoms with Gasteiger partial charge in [0.1, 0.15) is 5.75 Å². The summed E-state index contributed by atoms with van der Waals surface area (Å²) in [5.74, 6) is 0.382. The number of carbonyl (C=O) groups excluding carboxylic acids is 1. The van der Waals surface area contributed by atoms with Gasteiger partial charge in [0.05, 0.1) is 25.7 Å². The Morgan fingerprint density at radius 2 is 2.16 bits per heavy atom. The van der Waals surface area contributed by atoms with Gasteiger partial charge in [0.15, 0.2) is 0 Å². The number of carbonyl (C=O) groups is 1. The normalized spacial score (nSPS) is 11.7. The molecule has 5 nitrogen and oxygen atoms in total. The zero-order valence-corrected chi connectivity index (χ0v) is 11.4. The van der Waals surface area contributed by atoms with Crippen molar-refractivity contribution in [3.63, 3.8) is 0 Å². The van der Waals surface area contributed by atoms with Crippen LogP contribution in [0.15, 0.2) is 24.3 Å². The van der Waals surface area contributed by atoms with E-state index in [0.717, 1.165) is 11.4 Å². The molecule has 0 aliphatic carbocycles. The van der Waals surface area contributed by atoms with E-state index in [0.29, 0.717) is 13.2 Å². The molecule has 0 aliphatic rings. The van der Waals surface area contributed by atoms with Crippen LogP contribution in [0.2, 0.25) is 0 Å². The average molecular weight is 267 g/mol. The summed E-state index contributed by atoms with van der Waals surface area (Å²) in [5, 5.41) is 12.7. The molecule has 1 rings (SSSR count). The Labute approximate surface area is 113 Å². The van der Waals surface area contributed by atoms with Crippen LogP contribution in [0.5, 0.6) is 5.75 Å². The highest BCUT2D eigenvalue weighted by Crippen LogP contribution is 2.17. The molecule has 0 aliphatic heterocycles. The van der Waals surface area contributed by atoms with Crippen LogP contribution >= 0.6 is 0 Å². The van der Waals surface area contributed by atoms with Gasteiger partial charge in [-0.15, -0.1) is 0 Å². The maximum absolute atomic E-state index is 11.2. The molecule has 5 heteroatoms. The third-order valence-electron chi connectivity index (χ3n) is 2.39. The Balaban J connectivity index is 2.39. The van der Waals surface area contributed by atoms with Crippen molar-refractivity contribution in [3.8, 4) is 5.75 Å². The van der Waals surface area contributed by atoms with Crippen molar-refractivity contribution in [1.82, 2.24) is 0 Å². The molecule has 0 bridgehead atoms. The first-order valence-electron chi connectivity index (χ1n) is 6.46. The molecule has 19 heavy (non-hydrogen) atoms. The van der Waals surface area contributed by atoms with Gasteiger partial charge in [-0.2, -0.15) is 0 Å². The molecule has 1 aromatic rings. The van der Waals surface area contributed by atoms with E-state index in [1.807, 2.05) is 31.2 Å². The van der Waals surface area contributed by atoms with Gasteiger partial charge in [-0.25, -0.2) is 0 Å². The zero-order valence-electron chi connectivity index (χ0n) is 11.4. The summed E-state index contributed by atoms with van der Waals surface area (Å²) in [6.07, 6.45) is -0.777. The lowest BCUT2D eigenvalue weighted by atomic mass is 10.2. The molecule has 1 aromatic carbocycles. The fraction of sp³-hybridized carbons (Fsp3) is 0.500. The number of rotatable bonds is 8. The van der Waals surface area contributed by atoms with Gasteiger partial charge in [0.2, 0.25) is 0 Å². The minimum absolute atomic E-state index is 0.00795. The molecule has 0 aromatic heterocycles. The number of aliphatic hydroxyl groups excluding tert-OH is 1. The predicted octanol–water partition coefficient (Wildman–Crippen LogP) is 1.81. The highest BCUT2D eigenvalue weighted by Gasteiger charge is 2.11. The predicted molar refractivity (Wildman–Crippen MR) is 73.4 cm³/mol. The van der Waals surface area contributed by atoms with Gasteiger partial charge in [-0.3, -0.25) is 4.79 Å². The molecule has 1 unspecified atom stereocenters. The first-order chi connectivity index (χ1) is 9.15. The van der Waals surface area contributed by atoms with E-state index in [4.69, 9.17) is 9.47 Å². The summed E-state index contributed by atoms with van der Waals surface area (Å²) in [4.78, 5) is 11.2. The summed E-state index contributed by atoms with van der Waals surface area (Å²) in [6.45, 7) is 4.88. The van der Waals surface area contributed by atoms with E-state index >= 15 is 0 Å². The molecular formula is C14H21NO4. The maximum Gasteiger partial charge on any atom is 0.308 e. The SMILES string of the molecule is CCOC(=O)CC(O)CNc1cccc(OCC)c1. The third-order valence-corrected chi connectivity index (χ3v) is 2.39. The number of anilines is 1. The van der Waals surface area contributed by atoms with E-state index in [1.165, 1.54) is 0 Å². The van der Waals surface area contributed by atoms with Crippen LogP contribution in [0.3, 0.4) is 0 Å². The van der Waals surface area contributed by atoms with E-state index in [2.05, 4.69) is 5.32 Å². The van der Waals surface area contributed by atoms with E-state index in [-0.39, 0.29) is 18.9 Å². The molecule has 0 saturated carbocycles. The Bertz CT molecular complexity index is 395. The smallest absolute Gasteiger partial charge is 0.308 e. The molecule has 2 N–H and O–H groups in total. The van der Waals surface area contributed by atoms with Crippen LogP contribution in [-0.2, 0) is 9.53 Å².